The molecule has 0 aromatic heterocycles. The molecule has 1 aliphatic carbocycles. The third-order valence-corrected chi connectivity index (χ3v) is 4.77. The monoisotopic (exact) mass is 304 g/mol. The van der Waals surface area contributed by atoms with Crippen molar-refractivity contribution in [3.63, 3.8) is 0 Å². The van der Waals surface area contributed by atoms with Crippen molar-refractivity contribution in [3.8, 4) is 0 Å². The second-order valence-corrected chi connectivity index (χ2v) is 6.25. The number of ether oxygens (including phenoxy) is 1. The summed E-state index contributed by atoms with van der Waals surface area (Å²) in [5, 5.41) is 13.4. The van der Waals surface area contributed by atoms with E-state index in [1.54, 1.807) is 4.90 Å². The standard InChI is InChI=1S/C17H24N2O3/c1-12(18-11-14-3-2-4-16(14)20)13-5-7-15(8-6-13)19-9-10-22-17(19)21/h5-8,12,14,16,18,20H,2-4,9-11H2,1H3. The second kappa shape index (κ2) is 6.67. The molecule has 0 spiro atoms. The molecule has 3 unspecified atom stereocenters. The molecule has 2 fully saturated rings. The predicted molar refractivity (Wildman–Crippen MR) is 84.9 cm³/mol. The van der Waals surface area contributed by atoms with Crippen molar-refractivity contribution in [1.82, 2.24) is 5.32 Å². The molecular formula is C17H24N2O3. The molecule has 3 atom stereocenters. The van der Waals surface area contributed by atoms with Gasteiger partial charge in [0.05, 0.1) is 12.6 Å². The molecule has 5 nitrogen and oxygen atoms in total. The van der Waals surface area contributed by atoms with Gasteiger partial charge in [-0.3, -0.25) is 4.90 Å². The van der Waals surface area contributed by atoms with Crippen LogP contribution >= 0.6 is 0 Å². The Hall–Kier alpha value is -1.59. The number of nitrogens with one attached hydrogen (secondary N) is 1. The van der Waals surface area contributed by atoms with Crippen molar-refractivity contribution in [3.05, 3.63) is 29.8 Å². The lowest BCUT2D eigenvalue weighted by Crippen LogP contribution is -2.29. The fourth-order valence-corrected chi connectivity index (χ4v) is 3.27. The molecule has 1 aliphatic heterocycles. The molecule has 5 heteroatoms. The van der Waals surface area contributed by atoms with Gasteiger partial charge in [-0.15, -0.1) is 0 Å². The number of hydrogen-bond donors (Lipinski definition) is 2. The van der Waals surface area contributed by atoms with Gasteiger partial charge in [0.15, 0.2) is 0 Å². The van der Waals surface area contributed by atoms with E-state index < -0.39 is 0 Å². The van der Waals surface area contributed by atoms with Crippen LogP contribution in [0.1, 0.15) is 37.8 Å². The Morgan fingerprint density at radius 1 is 1.36 bits per heavy atom. The summed E-state index contributed by atoms with van der Waals surface area (Å²) in [4.78, 5) is 13.2. The zero-order valence-electron chi connectivity index (χ0n) is 13.0. The summed E-state index contributed by atoms with van der Waals surface area (Å²) >= 11 is 0. The number of anilines is 1. The van der Waals surface area contributed by atoms with Crippen molar-refractivity contribution in [1.29, 1.82) is 0 Å². The van der Waals surface area contributed by atoms with Crippen molar-refractivity contribution in [2.24, 2.45) is 5.92 Å². The molecule has 22 heavy (non-hydrogen) atoms. The van der Waals surface area contributed by atoms with Gasteiger partial charge in [0.1, 0.15) is 6.61 Å². The van der Waals surface area contributed by atoms with Gasteiger partial charge in [-0.2, -0.15) is 0 Å². The van der Waals surface area contributed by atoms with E-state index in [2.05, 4.69) is 12.2 Å². The van der Waals surface area contributed by atoms with Crippen LogP contribution in [0.3, 0.4) is 0 Å². The number of amides is 1. The molecule has 1 saturated heterocycles. The smallest absolute Gasteiger partial charge is 0.414 e. The second-order valence-electron chi connectivity index (χ2n) is 6.25. The van der Waals surface area contributed by atoms with Gasteiger partial charge in [0, 0.05) is 18.3 Å². The number of aliphatic hydroxyl groups excluding tert-OH is 1. The summed E-state index contributed by atoms with van der Waals surface area (Å²) < 4.78 is 4.95. The Kier molecular flexibility index (Phi) is 4.64. The minimum Gasteiger partial charge on any atom is -0.447 e. The lowest BCUT2D eigenvalue weighted by atomic mass is 10.0. The summed E-state index contributed by atoms with van der Waals surface area (Å²) in [5.74, 6) is 0.376. The van der Waals surface area contributed by atoms with Crippen LogP contribution < -0.4 is 10.2 Å². The van der Waals surface area contributed by atoms with E-state index in [1.165, 1.54) is 5.56 Å². The summed E-state index contributed by atoms with van der Waals surface area (Å²) in [6.07, 6.45) is 2.75. The SMILES string of the molecule is CC(NCC1CCCC1O)c1ccc(N2CCOC2=O)cc1. The summed E-state index contributed by atoms with van der Waals surface area (Å²) in [6.45, 7) is 4.05. The summed E-state index contributed by atoms with van der Waals surface area (Å²) in [5.41, 5.74) is 2.06. The Bertz CT molecular complexity index is 517. The molecule has 1 saturated carbocycles. The van der Waals surface area contributed by atoms with Crippen molar-refractivity contribution in [2.45, 2.75) is 38.3 Å². The van der Waals surface area contributed by atoms with E-state index in [-0.39, 0.29) is 18.2 Å². The topological polar surface area (TPSA) is 61.8 Å². The van der Waals surface area contributed by atoms with Crippen LogP contribution in [0.2, 0.25) is 0 Å². The number of benzene rings is 1. The fourth-order valence-electron chi connectivity index (χ4n) is 3.27. The van der Waals surface area contributed by atoms with Crippen molar-refractivity contribution < 1.29 is 14.6 Å². The largest absolute Gasteiger partial charge is 0.447 e. The van der Waals surface area contributed by atoms with Gasteiger partial charge in [-0.1, -0.05) is 18.6 Å². The van der Waals surface area contributed by atoms with E-state index in [1.807, 2.05) is 24.3 Å². The number of nitrogens with zero attached hydrogens (tertiary/aromatic N) is 1. The molecular weight excluding hydrogens is 280 g/mol. The van der Waals surface area contributed by atoms with Crippen LogP contribution in [0.15, 0.2) is 24.3 Å². The highest BCUT2D eigenvalue weighted by Gasteiger charge is 2.26. The first-order valence-corrected chi connectivity index (χ1v) is 8.11. The third kappa shape index (κ3) is 3.25. The Morgan fingerprint density at radius 3 is 2.73 bits per heavy atom. The molecule has 120 valence electrons. The average Bonchev–Trinajstić information content (AvgIpc) is 3.13. The molecule has 1 aromatic carbocycles. The summed E-state index contributed by atoms with van der Waals surface area (Å²) in [7, 11) is 0. The van der Waals surface area contributed by atoms with E-state index >= 15 is 0 Å². The Balaban J connectivity index is 1.56. The van der Waals surface area contributed by atoms with E-state index in [4.69, 9.17) is 4.74 Å². The molecule has 1 heterocycles. The van der Waals surface area contributed by atoms with Crippen molar-refractivity contribution >= 4 is 11.8 Å². The quantitative estimate of drug-likeness (QED) is 0.877. The molecule has 2 N–H and O–H groups in total. The first-order valence-electron chi connectivity index (χ1n) is 8.11. The highest BCUT2D eigenvalue weighted by molar-refractivity contribution is 5.89. The Morgan fingerprint density at radius 2 is 2.14 bits per heavy atom. The number of carbonyl (C=O) groups is 1. The molecule has 0 radical (unpaired) electrons. The van der Waals surface area contributed by atoms with Gasteiger partial charge in [-0.05, 0) is 43.4 Å². The fraction of sp³-hybridized carbons (Fsp3) is 0.588. The third-order valence-electron chi connectivity index (χ3n) is 4.77. The average molecular weight is 304 g/mol. The zero-order valence-corrected chi connectivity index (χ0v) is 13.0. The summed E-state index contributed by atoms with van der Waals surface area (Å²) in [6, 6.07) is 8.25. The lowest BCUT2D eigenvalue weighted by molar-refractivity contribution is 0.130. The van der Waals surface area contributed by atoms with Gasteiger partial charge in [0.2, 0.25) is 0 Å². The van der Waals surface area contributed by atoms with Crippen LogP contribution in [0.4, 0.5) is 10.5 Å². The zero-order chi connectivity index (χ0) is 15.5. The minimum atomic E-state index is -0.269. The predicted octanol–water partition coefficient (Wildman–Crippen LogP) is 2.45. The van der Waals surface area contributed by atoms with E-state index in [9.17, 15) is 9.90 Å². The van der Waals surface area contributed by atoms with Crippen LogP contribution in [0, 0.1) is 5.92 Å². The van der Waals surface area contributed by atoms with E-state index in [0.717, 1.165) is 31.5 Å². The van der Waals surface area contributed by atoms with Crippen molar-refractivity contribution in [2.75, 3.05) is 24.6 Å². The first kappa shape index (κ1) is 15.3. The maximum atomic E-state index is 11.5. The van der Waals surface area contributed by atoms with Crippen LogP contribution in [0.5, 0.6) is 0 Å². The molecule has 3 rings (SSSR count). The lowest BCUT2D eigenvalue weighted by Gasteiger charge is -2.20. The number of hydrogen-bond acceptors (Lipinski definition) is 4. The van der Waals surface area contributed by atoms with Crippen LogP contribution in [0.25, 0.3) is 0 Å². The number of rotatable bonds is 5. The first-order chi connectivity index (χ1) is 10.6. The highest BCUT2D eigenvalue weighted by atomic mass is 16.6. The van der Waals surface area contributed by atoms with Gasteiger partial charge in [0.25, 0.3) is 0 Å². The highest BCUT2D eigenvalue weighted by Crippen LogP contribution is 2.26. The number of aliphatic hydroxyl groups is 1. The Labute approximate surface area is 131 Å². The molecule has 1 aromatic rings. The van der Waals surface area contributed by atoms with Crippen LogP contribution in [-0.2, 0) is 4.74 Å². The van der Waals surface area contributed by atoms with Gasteiger partial charge < -0.3 is 15.2 Å². The number of carbonyl (C=O) groups excluding carboxylic acids is 1. The maximum Gasteiger partial charge on any atom is 0.414 e. The molecule has 1 amide bonds. The van der Waals surface area contributed by atoms with E-state index in [0.29, 0.717) is 19.1 Å². The normalized spacial score (nSPS) is 26.3. The molecule has 2 aliphatic rings. The van der Waals surface area contributed by atoms with Gasteiger partial charge in [-0.25, -0.2) is 4.79 Å². The number of cyclic esters (lactones) is 1. The molecule has 0 bridgehead atoms. The van der Waals surface area contributed by atoms with Crippen LogP contribution in [-0.4, -0.2) is 37.0 Å². The maximum absolute atomic E-state index is 11.5. The minimum absolute atomic E-state index is 0.150. The van der Waals surface area contributed by atoms with Gasteiger partial charge >= 0.3 is 6.09 Å².